The minimum absolute atomic E-state index is 0.00284. The van der Waals surface area contributed by atoms with Gasteiger partial charge in [0.25, 0.3) is 0 Å². The number of carboxylic acids is 1. The lowest BCUT2D eigenvalue weighted by atomic mass is 9.84. The van der Waals surface area contributed by atoms with Gasteiger partial charge in [0.05, 0.1) is 6.42 Å². The molecular formula is C13H22N2O3. The number of aliphatic carboxylic acids is 1. The Morgan fingerprint density at radius 3 is 2.56 bits per heavy atom. The van der Waals surface area contributed by atoms with E-state index in [4.69, 9.17) is 5.11 Å². The maximum atomic E-state index is 11.8. The van der Waals surface area contributed by atoms with Gasteiger partial charge in [-0.05, 0) is 43.4 Å². The van der Waals surface area contributed by atoms with Gasteiger partial charge in [0.1, 0.15) is 0 Å². The molecule has 0 aliphatic heterocycles. The summed E-state index contributed by atoms with van der Waals surface area (Å²) in [6.45, 7) is 1.01. The zero-order valence-corrected chi connectivity index (χ0v) is 10.9. The van der Waals surface area contributed by atoms with E-state index >= 15 is 0 Å². The van der Waals surface area contributed by atoms with Crippen LogP contribution in [0.5, 0.6) is 0 Å². The molecule has 2 bridgehead atoms. The number of fused-ring (bicyclic) bond motifs is 2. The van der Waals surface area contributed by atoms with Crippen LogP contribution in [0.4, 0.5) is 4.79 Å². The second-order valence-electron chi connectivity index (χ2n) is 5.87. The van der Waals surface area contributed by atoms with Crippen molar-refractivity contribution in [3.63, 3.8) is 0 Å². The Hall–Kier alpha value is -1.26. The average Bonchev–Trinajstić information content (AvgIpc) is 2.93. The second-order valence-corrected chi connectivity index (χ2v) is 5.87. The van der Waals surface area contributed by atoms with Crippen LogP contribution in [0.1, 0.15) is 38.5 Å². The van der Waals surface area contributed by atoms with Crippen molar-refractivity contribution in [2.75, 3.05) is 20.1 Å². The van der Waals surface area contributed by atoms with E-state index < -0.39 is 5.97 Å². The molecule has 0 spiro atoms. The molecule has 102 valence electrons. The summed E-state index contributed by atoms with van der Waals surface area (Å²) < 4.78 is 0. The highest BCUT2D eigenvalue weighted by atomic mass is 16.4. The minimum Gasteiger partial charge on any atom is -0.481 e. The summed E-state index contributed by atoms with van der Waals surface area (Å²) in [5, 5.41) is 11.5. The molecule has 2 aliphatic rings. The van der Waals surface area contributed by atoms with Crippen LogP contribution in [0.15, 0.2) is 0 Å². The van der Waals surface area contributed by atoms with Gasteiger partial charge in [-0.3, -0.25) is 4.79 Å². The molecule has 0 aromatic heterocycles. The first kappa shape index (κ1) is 13.2. The van der Waals surface area contributed by atoms with Crippen molar-refractivity contribution < 1.29 is 14.7 Å². The van der Waals surface area contributed by atoms with E-state index in [1.807, 2.05) is 0 Å². The molecule has 2 amide bonds. The van der Waals surface area contributed by atoms with Crippen LogP contribution in [0.2, 0.25) is 0 Å². The van der Waals surface area contributed by atoms with Gasteiger partial charge >= 0.3 is 12.0 Å². The Labute approximate surface area is 108 Å². The molecular weight excluding hydrogens is 232 g/mol. The Morgan fingerprint density at radius 2 is 2.06 bits per heavy atom. The Kier molecular flexibility index (Phi) is 3.78. The van der Waals surface area contributed by atoms with Crippen molar-refractivity contribution in [3.05, 3.63) is 0 Å². The summed E-state index contributed by atoms with van der Waals surface area (Å²) in [7, 11) is 1.64. The summed E-state index contributed by atoms with van der Waals surface area (Å²) in [6, 6.07) is -0.152. The van der Waals surface area contributed by atoms with Crippen LogP contribution in [0.3, 0.4) is 0 Å². The molecule has 5 heteroatoms. The van der Waals surface area contributed by atoms with Gasteiger partial charge < -0.3 is 15.3 Å². The van der Waals surface area contributed by atoms with Crippen molar-refractivity contribution in [1.82, 2.24) is 10.2 Å². The first-order valence-corrected chi connectivity index (χ1v) is 6.71. The minimum atomic E-state index is -0.873. The van der Waals surface area contributed by atoms with Crippen LogP contribution in [0, 0.1) is 11.3 Å². The number of amides is 2. The van der Waals surface area contributed by atoms with Crippen LogP contribution < -0.4 is 5.32 Å². The Morgan fingerprint density at radius 1 is 1.39 bits per heavy atom. The third-order valence-corrected chi connectivity index (χ3v) is 4.51. The predicted molar refractivity (Wildman–Crippen MR) is 67.3 cm³/mol. The monoisotopic (exact) mass is 254 g/mol. The molecule has 0 saturated heterocycles. The van der Waals surface area contributed by atoms with E-state index in [2.05, 4.69) is 5.32 Å². The zero-order valence-electron chi connectivity index (χ0n) is 10.9. The molecule has 0 aromatic rings. The maximum absolute atomic E-state index is 11.8. The average molecular weight is 254 g/mol. The van der Waals surface area contributed by atoms with E-state index in [9.17, 15) is 9.59 Å². The molecule has 0 aromatic carbocycles. The lowest BCUT2D eigenvalue weighted by Gasteiger charge is -2.28. The SMILES string of the molecule is CN(CCC(=O)O)C(=O)NCC12CCC(CC1)C2. The number of carboxylic acid groups (broad SMARTS) is 1. The molecule has 2 saturated carbocycles. The van der Waals surface area contributed by atoms with Crippen molar-refractivity contribution >= 4 is 12.0 Å². The van der Waals surface area contributed by atoms with Gasteiger partial charge in [0.2, 0.25) is 0 Å². The second kappa shape index (κ2) is 5.16. The van der Waals surface area contributed by atoms with Gasteiger partial charge in [-0.1, -0.05) is 0 Å². The van der Waals surface area contributed by atoms with Crippen molar-refractivity contribution in [3.8, 4) is 0 Å². The normalized spacial score (nSPS) is 29.3. The van der Waals surface area contributed by atoms with Crippen LogP contribution in [-0.4, -0.2) is 42.1 Å². The topological polar surface area (TPSA) is 69.6 Å². The smallest absolute Gasteiger partial charge is 0.317 e. The molecule has 0 radical (unpaired) electrons. The molecule has 2 rings (SSSR count). The summed E-state index contributed by atoms with van der Waals surface area (Å²) in [5.74, 6) is 0.00862. The maximum Gasteiger partial charge on any atom is 0.317 e. The number of carbonyl (C=O) groups excluding carboxylic acids is 1. The van der Waals surface area contributed by atoms with E-state index in [1.54, 1.807) is 7.05 Å². The number of nitrogens with zero attached hydrogens (tertiary/aromatic N) is 1. The van der Waals surface area contributed by atoms with E-state index in [1.165, 1.54) is 37.0 Å². The fraction of sp³-hybridized carbons (Fsp3) is 0.846. The molecule has 2 N–H and O–H groups in total. The molecule has 0 unspecified atom stereocenters. The highest BCUT2D eigenvalue weighted by Crippen LogP contribution is 2.53. The largest absolute Gasteiger partial charge is 0.481 e. The van der Waals surface area contributed by atoms with E-state index in [-0.39, 0.29) is 19.0 Å². The standard InChI is InChI=1S/C13H22N2O3/c1-15(7-4-11(16)17)12(18)14-9-13-5-2-10(8-13)3-6-13/h10H,2-9H2,1H3,(H,14,18)(H,16,17). The van der Waals surface area contributed by atoms with Gasteiger partial charge in [0, 0.05) is 20.1 Å². The number of rotatable bonds is 5. The molecule has 18 heavy (non-hydrogen) atoms. The highest BCUT2D eigenvalue weighted by molar-refractivity contribution is 5.75. The predicted octanol–water partition coefficient (Wildman–Crippen LogP) is 1.68. The molecule has 2 fully saturated rings. The van der Waals surface area contributed by atoms with Crippen molar-refractivity contribution in [2.24, 2.45) is 11.3 Å². The zero-order chi connectivity index (χ0) is 13.2. The molecule has 0 atom stereocenters. The number of urea groups is 1. The summed E-state index contributed by atoms with van der Waals surface area (Å²) in [5.41, 5.74) is 0.341. The summed E-state index contributed by atoms with van der Waals surface area (Å²) in [4.78, 5) is 23.7. The third-order valence-electron chi connectivity index (χ3n) is 4.51. The summed E-state index contributed by atoms with van der Waals surface area (Å²) in [6.07, 6.45) is 6.34. The highest BCUT2D eigenvalue weighted by Gasteiger charge is 2.44. The van der Waals surface area contributed by atoms with Gasteiger partial charge in [-0.2, -0.15) is 0 Å². The van der Waals surface area contributed by atoms with Crippen molar-refractivity contribution in [2.45, 2.75) is 38.5 Å². The fourth-order valence-corrected chi connectivity index (χ4v) is 3.32. The van der Waals surface area contributed by atoms with Crippen LogP contribution >= 0.6 is 0 Å². The van der Waals surface area contributed by atoms with E-state index in [0.29, 0.717) is 5.41 Å². The number of carbonyl (C=O) groups is 2. The number of nitrogens with one attached hydrogen (secondary N) is 1. The lowest BCUT2D eigenvalue weighted by molar-refractivity contribution is -0.137. The number of hydrogen-bond donors (Lipinski definition) is 2. The molecule has 2 aliphatic carbocycles. The summed E-state index contributed by atoms with van der Waals surface area (Å²) >= 11 is 0. The number of hydrogen-bond acceptors (Lipinski definition) is 2. The molecule has 5 nitrogen and oxygen atoms in total. The van der Waals surface area contributed by atoms with Crippen LogP contribution in [0.25, 0.3) is 0 Å². The quantitative estimate of drug-likeness (QED) is 0.784. The first-order chi connectivity index (χ1) is 8.51. The molecule has 0 heterocycles. The Bertz CT molecular complexity index is 335. The van der Waals surface area contributed by atoms with Gasteiger partial charge in [0.15, 0.2) is 0 Å². The van der Waals surface area contributed by atoms with Gasteiger partial charge in [-0.15, -0.1) is 0 Å². The van der Waals surface area contributed by atoms with E-state index in [0.717, 1.165) is 12.5 Å². The lowest BCUT2D eigenvalue weighted by Crippen LogP contribution is -2.42. The van der Waals surface area contributed by atoms with Crippen LogP contribution in [-0.2, 0) is 4.79 Å². The van der Waals surface area contributed by atoms with Gasteiger partial charge in [-0.25, -0.2) is 4.79 Å². The first-order valence-electron chi connectivity index (χ1n) is 6.71. The third kappa shape index (κ3) is 2.94. The Balaban J connectivity index is 1.72. The van der Waals surface area contributed by atoms with Crippen molar-refractivity contribution in [1.29, 1.82) is 0 Å². The fourth-order valence-electron chi connectivity index (χ4n) is 3.32.